The molecule has 0 aromatic heterocycles. The van der Waals surface area contributed by atoms with Crippen LogP contribution in [0.5, 0.6) is 5.75 Å². The van der Waals surface area contributed by atoms with Gasteiger partial charge in [0.1, 0.15) is 11.6 Å². The van der Waals surface area contributed by atoms with Crippen molar-refractivity contribution in [3.8, 4) is 5.75 Å². The van der Waals surface area contributed by atoms with Crippen molar-refractivity contribution in [1.29, 1.82) is 0 Å². The predicted octanol–water partition coefficient (Wildman–Crippen LogP) is 6.66. The monoisotopic (exact) mass is 382 g/mol. The molecule has 0 N–H and O–H groups in total. The predicted molar refractivity (Wildman–Crippen MR) is 103 cm³/mol. The van der Waals surface area contributed by atoms with Crippen LogP contribution in [0.4, 0.5) is 13.2 Å². The fourth-order valence-electron chi connectivity index (χ4n) is 2.46. The quantitative estimate of drug-likeness (QED) is 0.314. The molecule has 0 bridgehead atoms. The van der Waals surface area contributed by atoms with E-state index in [1.54, 1.807) is 6.92 Å². The SMILES string of the molecule is C=C(/C=C(/F)C(=C)C(C)CCC(C)COc1ccc(C)c(F)c1F)OCC. The van der Waals surface area contributed by atoms with Crippen molar-refractivity contribution in [1.82, 2.24) is 0 Å². The van der Waals surface area contributed by atoms with Gasteiger partial charge in [-0.05, 0) is 55.7 Å². The Kier molecular flexibility index (Phi) is 9.19. The van der Waals surface area contributed by atoms with Crippen molar-refractivity contribution in [2.75, 3.05) is 13.2 Å². The van der Waals surface area contributed by atoms with Gasteiger partial charge in [-0.25, -0.2) is 8.78 Å². The first-order chi connectivity index (χ1) is 12.7. The van der Waals surface area contributed by atoms with Crippen molar-refractivity contribution in [2.45, 2.75) is 40.5 Å². The van der Waals surface area contributed by atoms with Crippen LogP contribution in [-0.4, -0.2) is 13.2 Å². The molecule has 0 saturated carbocycles. The zero-order chi connectivity index (χ0) is 20.6. The summed E-state index contributed by atoms with van der Waals surface area (Å²) < 4.78 is 52.0. The van der Waals surface area contributed by atoms with E-state index in [1.165, 1.54) is 25.1 Å². The molecule has 150 valence electrons. The zero-order valence-electron chi connectivity index (χ0n) is 16.6. The lowest BCUT2D eigenvalue weighted by atomic mass is 9.92. The summed E-state index contributed by atoms with van der Waals surface area (Å²) in [7, 11) is 0. The van der Waals surface area contributed by atoms with Crippen molar-refractivity contribution in [3.63, 3.8) is 0 Å². The molecule has 2 unspecified atom stereocenters. The summed E-state index contributed by atoms with van der Waals surface area (Å²) in [5, 5.41) is 0. The minimum atomic E-state index is -0.967. The number of benzene rings is 1. The van der Waals surface area contributed by atoms with Crippen LogP contribution < -0.4 is 4.74 Å². The number of halogens is 3. The summed E-state index contributed by atoms with van der Waals surface area (Å²) >= 11 is 0. The molecule has 1 rings (SSSR count). The van der Waals surface area contributed by atoms with Gasteiger partial charge in [-0.3, -0.25) is 0 Å². The Morgan fingerprint density at radius 3 is 2.44 bits per heavy atom. The Balaban J connectivity index is 2.49. The lowest BCUT2D eigenvalue weighted by molar-refractivity contribution is 0.233. The Labute approximate surface area is 160 Å². The standard InChI is InChI=1S/C22H29F3O2/c1-7-26-17(5)12-19(23)18(6)15(3)9-8-14(2)13-27-20-11-10-16(4)21(24)22(20)25/h10-12,14-15H,5-9,13H2,1-4H3/b19-12+. The van der Waals surface area contributed by atoms with Gasteiger partial charge in [0.25, 0.3) is 0 Å². The molecule has 0 spiro atoms. The lowest BCUT2D eigenvalue weighted by Crippen LogP contribution is -2.12. The third-order valence-electron chi connectivity index (χ3n) is 4.37. The maximum absolute atomic E-state index is 14.1. The molecule has 0 radical (unpaired) electrons. The van der Waals surface area contributed by atoms with Crippen LogP contribution in [0.25, 0.3) is 0 Å². The fraction of sp³-hybridized carbons (Fsp3) is 0.455. The number of hydrogen-bond acceptors (Lipinski definition) is 2. The number of aryl methyl sites for hydroxylation is 1. The van der Waals surface area contributed by atoms with E-state index in [-0.39, 0.29) is 35.5 Å². The molecule has 1 aromatic carbocycles. The van der Waals surface area contributed by atoms with E-state index in [1.807, 2.05) is 13.8 Å². The normalized spacial score (nSPS) is 13.8. The number of rotatable bonds is 11. The van der Waals surface area contributed by atoms with E-state index >= 15 is 0 Å². The molecule has 0 aliphatic heterocycles. The third kappa shape index (κ3) is 7.16. The molecule has 1 aromatic rings. The van der Waals surface area contributed by atoms with Gasteiger partial charge in [0, 0.05) is 6.08 Å². The van der Waals surface area contributed by atoms with Crippen molar-refractivity contribution in [2.24, 2.45) is 11.8 Å². The van der Waals surface area contributed by atoms with Crippen LogP contribution >= 0.6 is 0 Å². The number of allylic oxidation sites excluding steroid dienone is 3. The molecule has 0 amide bonds. The molecule has 2 atom stereocenters. The minimum Gasteiger partial charge on any atom is -0.494 e. The second-order valence-corrected chi connectivity index (χ2v) is 6.82. The summed E-state index contributed by atoms with van der Waals surface area (Å²) in [6.07, 6.45) is 2.66. The molecule has 0 aliphatic carbocycles. The molecule has 0 heterocycles. The van der Waals surface area contributed by atoms with E-state index < -0.39 is 17.5 Å². The van der Waals surface area contributed by atoms with Gasteiger partial charge in [-0.1, -0.05) is 33.1 Å². The Morgan fingerprint density at radius 1 is 1.15 bits per heavy atom. The maximum Gasteiger partial charge on any atom is 0.200 e. The molecule has 0 saturated heterocycles. The van der Waals surface area contributed by atoms with Gasteiger partial charge < -0.3 is 9.47 Å². The average Bonchev–Trinajstić information content (AvgIpc) is 2.63. The third-order valence-corrected chi connectivity index (χ3v) is 4.37. The number of hydrogen-bond donors (Lipinski definition) is 0. The molecule has 0 aliphatic rings. The first-order valence-corrected chi connectivity index (χ1v) is 9.12. The van der Waals surface area contributed by atoms with E-state index in [0.29, 0.717) is 18.6 Å². The van der Waals surface area contributed by atoms with Gasteiger partial charge in [-0.15, -0.1) is 0 Å². The second-order valence-electron chi connectivity index (χ2n) is 6.82. The summed E-state index contributed by atoms with van der Waals surface area (Å²) in [6.45, 7) is 15.2. The fourth-order valence-corrected chi connectivity index (χ4v) is 2.46. The summed E-state index contributed by atoms with van der Waals surface area (Å²) in [6, 6.07) is 2.91. The second kappa shape index (κ2) is 10.9. The molecule has 5 heteroatoms. The highest BCUT2D eigenvalue weighted by Gasteiger charge is 2.16. The lowest BCUT2D eigenvalue weighted by Gasteiger charge is -2.18. The zero-order valence-corrected chi connectivity index (χ0v) is 16.6. The van der Waals surface area contributed by atoms with Crippen LogP contribution in [0, 0.1) is 30.4 Å². The molecule has 2 nitrogen and oxygen atoms in total. The van der Waals surface area contributed by atoms with Crippen LogP contribution in [-0.2, 0) is 4.74 Å². The maximum atomic E-state index is 14.1. The van der Waals surface area contributed by atoms with Crippen LogP contribution in [0.15, 0.2) is 48.5 Å². The van der Waals surface area contributed by atoms with E-state index in [0.717, 1.165) is 6.42 Å². The van der Waals surface area contributed by atoms with Crippen molar-refractivity contribution >= 4 is 0 Å². The highest BCUT2D eigenvalue weighted by molar-refractivity contribution is 5.30. The average molecular weight is 382 g/mol. The Bertz CT molecular complexity index is 695. The van der Waals surface area contributed by atoms with Gasteiger partial charge in [0.05, 0.1) is 13.2 Å². The summed E-state index contributed by atoms with van der Waals surface area (Å²) in [5.74, 6) is -2.11. The van der Waals surface area contributed by atoms with E-state index in [2.05, 4.69) is 13.2 Å². The Hall–Kier alpha value is -2.17. The highest BCUT2D eigenvalue weighted by Crippen LogP contribution is 2.27. The minimum absolute atomic E-state index is 0.0771. The summed E-state index contributed by atoms with van der Waals surface area (Å²) in [4.78, 5) is 0. The molecular weight excluding hydrogens is 353 g/mol. The highest BCUT2D eigenvalue weighted by atomic mass is 19.2. The largest absolute Gasteiger partial charge is 0.494 e. The van der Waals surface area contributed by atoms with Crippen LogP contribution in [0.1, 0.15) is 39.2 Å². The van der Waals surface area contributed by atoms with Crippen LogP contribution in [0.2, 0.25) is 0 Å². The van der Waals surface area contributed by atoms with Crippen molar-refractivity contribution < 1.29 is 22.6 Å². The molecule has 27 heavy (non-hydrogen) atoms. The van der Waals surface area contributed by atoms with Gasteiger partial charge in [0.15, 0.2) is 11.6 Å². The van der Waals surface area contributed by atoms with Gasteiger partial charge >= 0.3 is 0 Å². The topological polar surface area (TPSA) is 18.5 Å². The van der Waals surface area contributed by atoms with E-state index in [4.69, 9.17) is 9.47 Å². The van der Waals surface area contributed by atoms with Crippen molar-refractivity contribution in [3.05, 3.63) is 65.7 Å². The Morgan fingerprint density at radius 2 is 1.81 bits per heavy atom. The molecular formula is C22H29F3O2. The smallest absolute Gasteiger partial charge is 0.200 e. The number of ether oxygens (including phenoxy) is 2. The van der Waals surface area contributed by atoms with Crippen LogP contribution in [0.3, 0.4) is 0 Å². The van der Waals surface area contributed by atoms with E-state index in [9.17, 15) is 13.2 Å². The first-order valence-electron chi connectivity index (χ1n) is 9.12. The van der Waals surface area contributed by atoms with Gasteiger partial charge in [-0.2, -0.15) is 4.39 Å². The summed E-state index contributed by atoms with van der Waals surface area (Å²) in [5.41, 5.74) is 0.623. The van der Waals surface area contributed by atoms with Gasteiger partial charge in [0.2, 0.25) is 5.82 Å². The first kappa shape index (κ1) is 22.9. The molecule has 0 fully saturated rings.